The smallest absolute Gasteiger partial charge is 0.326 e. The summed E-state index contributed by atoms with van der Waals surface area (Å²) in [6, 6.07) is 8.54. The molecule has 5 nitrogen and oxygen atoms in total. The van der Waals surface area contributed by atoms with Gasteiger partial charge in [0.1, 0.15) is 6.04 Å². The van der Waals surface area contributed by atoms with Gasteiger partial charge in [0.2, 0.25) is 5.91 Å². The SMILES string of the molecule is O=C(O)[C@@H]1C[C@@H](O)CN1C(=O)CSc1ccccc1. The molecular weight excluding hydrogens is 266 g/mol. The second-order valence-electron chi connectivity index (χ2n) is 4.39. The number of carbonyl (C=O) groups is 2. The number of β-amino-alcohol motifs (C(OH)–C–C–N with tert-alkyl or cyclic N) is 1. The van der Waals surface area contributed by atoms with Gasteiger partial charge in [-0.1, -0.05) is 18.2 Å². The second kappa shape index (κ2) is 6.08. The molecule has 2 atom stereocenters. The molecule has 0 unspecified atom stereocenters. The van der Waals surface area contributed by atoms with Crippen molar-refractivity contribution in [2.75, 3.05) is 12.3 Å². The number of hydrogen-bond donors (Lipinski definition) is 2. The van der Waals surface area contributed by atoms with Gasteiger partial charge in [0.05, 0.1) is 11.9 Å². The van der Waals surface area contributed by atoms with Gasteiger partial charge in [0.25, 0.3) is 0 Å². The third kappa shape index (κ3) is 3.48. The number of hydrogen-bond acceptors (Lipinski definition) is 4. The van der Waals surface area contributed by atoms with Gasteiger partial charge in [-0.25, -0.2) is 4.79 Å². The van der Waals surface area contributed by atoms with Crippen molar-refractivity contribution in [2.45, 2.75) is 23.5 Å². The Balaban J connectivity index is 1.94. The van der Waals surface area contributed by atoms with Crippen LogP contribution in [0.1, 0.15) is 6.42 Å². The maximum absolute atomic E-state index is 12.0. The molecular formula is C13H15NO4S. The Morgan fingerprint density at radius 2 is 2.00 bits per heavy atom. The first kappa shape index (κ1) is 13.9. The summed E-state index contributed by atoms with van der Waals surface area (Å²) in [6.45, 7) is 0.102. The normalized spacial score (nSPS) is 22.5. The van der Waals surface area contributed by atoms with E-state index in [1.807, 2.05) is 30.3 Å². The van der Waals surface area contributed by atoms with Crippen molar-refractivity contribution in [2.24, 2.45) is 0 Å². The molecule has 0 aromatic heterocycles. The number of benzene rings is 1. The summed E-state index contributed by atoms with van der Waals surface area (Å²) in [5.74, 6) is -1.13. The summed E-state index contributed by atoms with van der Waals surface area (Å²) >= 11 is 1.36. The number of carboxylic acid groups (broad SMARTS) is 1. The molecule has 1 aliphatic heterocycles. The number of nitrogens with zero attached hydrogens (tertiary/aromatic N) is 1. The van der Waals surface area contributed by atoms with Gasteiger partial charge in [0.15, 0.2) is 0 Å². The lowest BCUT2D eigenvalue weighted by atomic mass is 10.2. The van der Waals surface area contributed by atoms with E-state index >= 15 is 0 Å². The van der Waals surface area contributed by atoms with Crippen LogP contribution in [0.4, 0.5) is 0 Å². The van der Waals surface area contributed by atoms with Crippen LogP contribution in [-0.2, 0) is 9.59 Å². The predicted octanol–water partition coefficient (Wildman–Crippen LogP) is 0.825. The van der Waals surface area contributed by atoms with E-state index in [9.17, 15) is 14.7 Å². The van der Waals surface area contributed by atoms with Crippen molar-refractivity contribution in [3.8, 4) is 0 Å². The molecule has 1 aromatic rings. The first-order valence-corrected chi connectivity index (χ1v) is 6.94. The lowest BCUT2D eigenvalue weighted by molar-refractivity contribution is -0.147. The number of aliphatic hydroxyl groups is 1. The molecule has 1 aliphatic rings. The van der Waals surface area contributed by atoms with Crippen LogP contribution in [-0.4, -0.2) is 51.4 Å². The van der Waals surface area contributed by atoms with Crippen molar-refractivity contribution in [1.29, 1.82) is 0 Å². The van der Waals surface area contributed by atoms with Gasteiger partial charge >= 0.3 is 5.97 Å². The summed E-state index contributed by atoms with van der Waals surface area (Å²) in [4.78, 5) is 25.2. The molecule has 0 radical (unpaired) electrons. The fourth-order valence-corrected chi connectivity index (χ4v) is 2.87. The third-order valence-corrected chi connectivity index (χ3v) is 3.99. The molecule has 1 amide bonds. The Hall–Kier alpha value is -1.53. The fourth-order valence-electron chi connectivity index (χ4n) is 2.07. The predicted molar refractivity (Wildman–Crippen MR) is 70.9 cm³/mol. The average Bonchev–Trinajstić information content (AvgIpc) is 2.79. The molecule has 102 valence electrons. The van der Waals surface area contributed by atoms with Crippen LogP contribution in [0.25, 0.3) is 0 Å². The molecule has 0 spiro atoms. The Kier molecular flexibility index (Phi) is 4.44. The number of carbonyl (C=O) groups excluding carboxylic acids is 1. The van der Waals surface area contributed by atoms with Gasteiger partial charge in [-0.3, -0.25) is 4.79 Å². The molecule has 2 N–H and O–H groups in total. The number of aliphatic carboxylic acids is 1. The Morgan fingerprint density at radius 1 is 1.32 bits per heavy atom. The van der Waals surface area contributed by atoms with Crippen LogP contribution < -0.4 is 0 Å². The van der Waals surface area contributed by atoms with E-state index in [0.717, 1.165) is 4.90 Å². The van der Waals surface area contributed by atoms with E-state index in [-0.39, 0.29) is 24.6 Å². The number of thioether (sulfide) groups is 1. The van der Waals surface area contributed by atoms with Crippen molar-refractivity contribution in [1.82, 2.24) is 4.90 Å². The molecule has 1 aromatic carbocycles. The molecule has 0 aliphatic carbocycles. The summed E-state index contributed by atoms with van der Waals surface area (Å²) in [5, 5.41) is 18.5. The molecule has 6 heteroatoms. The summed E-state index contributed by atoms with van der Waals surface area (Å²) in [5.41, 5.74) is 0. The van der Waals surface area contributed by atoms with Gasteiger partial charge in [0, 0.05) is 17.9 Å². The fraction of sp³-hybridized carbons (Fsp3) is 0.385. The van der Waals surface area contributed by atoms with Gasteiger partial charge in [-0.05, 0) is 12.1 Å². The zero-order chi connectivity index (χ0) is 13.8. The maximum Gasteiger partial charge on any atom is 0.326 e. The van der Waals surface area contributed by atoms with Crippen molar-refractivity contribution in [3.05, 3.63) is 30.3 Å². The zero-order valence-electron chi connectivity index (χ0n) is 10.2. The molecule has 1 saturated heterocycles. The number of rotatable bonds is 4. The van der Waals surface area contributed by atoms with E-state index in [2.05, 4.69) is 0 Å². The summed E-state index contributed by atoms with van der Waals surface area (Å²) in [6.07, 6.45) is -0.636. The molecule has 19 heavy (non-hydrogen) atoms. The largest absolute Gasteiger partial charge is 0.480 e. The first-order chi connectivity index (χ1) is 9.08. The Morgan fingerprint density at radius 3 is 2.63 bits per heavy atom. The van der Waals surface area contributed by atoms with E-state index in [4.69, 9.17) is 5.11 Å². The van der Waals surface area contributed by atoms with E-state index in [0.29, 0.717) is 0 Å². The summed E-state index contributed by atoms with van der Waals surface area (Å²) in [7, 11) is 0. The van der Waals surface area contributed by atoms with Crippen LogP contribution in [0.5, 0.6) is 0 Å². The monoisotopic (exact) mass is 281 g/mol. The maximum atomic E-state index is 12.0. The number of carboxylic acids is 1. The van der Waals surface area contributed by atoms with E-state index < -0.39 is 18.1 Å². The minimum Gasteiger partial charge on any atom is -0.480 e. The highest BCUT2D eigenvalue weighted by molar-refractivity contribution is 8.00. The molecule has 0 saturated carbocycles. The number of likely N-dealkylation sites (tertiary alicyclic amines) is 1. The molecule has 1 fully saturated rings. The highest BCUT2D eigenvalue weighted by Crippen LogP contribution is 2.22. The zero-order valence-corrected chi connectivity index (χ0v) is 11.0. The second-order valence-corrected chi connectivity index (χ2v) is 5.44. The third-order valence-electron chi connectivity index (χ3n) is 2.99. The standard InChI is InChI=1S/C13H15NO4S/c15-9-6-11(13(17)18)14(7-9)12(16)8-19-10-4-2-1-3-5-10/h1-5,9,11,15H,6-8H2,(H,17,18)/t9-,11+/m1/s1. The Bertz CT molecular complexity index is 465. The lowest BCUT2D eigenvalue weighted by Crippen LogP contribution is -2.41. The van der Waals surface area contributed by atoms with Crippen LogP contribution in [0.3, 0.4) is 0 Å². The Labute approximate surface area is 115 Å². The van der Waals surface area contributed by atoms with Crippen LogP contribution in [0.2, 0.25) is 0 Å². The van der Waals surface area contributed by atoms with E-state index in [1.165, 1.54) is 16.7 Å². The van der Waals surface area contributed by atoms with Crippen LogP contribution >= 0.6 is 11.8 Å². The number of amides is 1. The van der Waals surface area contributed by atoms with Crippen LogP contribution in [0, 0.1) is 0 Å². The van der Waals surface area contributed by atoms with Gasteiger partial charge in [-0.15, -0.1) is 11.8 Å². The van der Waals surface area contributed by atoms with Crippen LogP contribution in [0.15, 0.2) is 35.2 Å². The number of aliphatic hydroxyl groups excluding tert-OH is 1. The van der Waals surface area contributed by atoms with E-state index in [1.54, 1.807) is 0 Å². The summed E-state index contributed by atoms with van der Waals surface area (Å²) < 4.78 is 0. The topological polar surface area (TPSA) is 77.8 Å². The van der Waals surface area contributed by atoms with Crippen molar-refractivity contribution in [3.63, 3.8) is 0 Å². The molecule has 0 bridgehead atoms. The van der Waals surface area contributed by atoms with Crippen molar-refractivity contribution < 1.29 is 19.8 Å². The minimum absolute atomic E-state index is 0.102. The quantitative estimate of drug-likeness (QED) is 0.799. The van der Waals surface area contributed by atoms with Crippen molar-refractivity contribution >= 4 is 23.6 Å². The molecule has 1 heterocycles. The highest BCUT2D eigenvalue weighted by atomic mass is 32.2. The van der Waals surface area contributed by atoms with Gasteiger partial charge in [-0.2, -0.15) is 0 Å². The lowest BCUT2D eigenvalue weighted by Gasteiger charge is -2.20. The first-order valence-electron chi connectivity index (χ1n) is 5.96. The van der Waals surface area contributed by atoms with Gasteiger partial charge < -0.3 is 15.1 Å². The highest BCUT2D eigenvalue weighted by Gasteiger charge is 2.38. The molecule has 2 rings (SSSR count). The minimum atomic E-state index is -1.06. The average molecular weight is 281 g/mol.